The minimum absolute atomic E-state index is 0.0499. The first-order valence-corrected chi connectivity index (χ1v) is 5.85. The summed E-state index contributed by atoms with van der Waals surface area (Å²) in [6.45, 7) is 0. The smallest absolute Gasteiger partial charge is 0.339 e. The quantitative estimate of drug-likeness (QED) is 0.670. The molecule has 7 nitrogen and oxygen atoms in total. The first-order chi connectivity index (χ1) is 10.0. The van der Waals surface area contributed by atoms with Gasteiger partial charge in [0.2, 0.25) is 0 Å². The number of para-hydroxylation sites is 1. The van der Waals surface area contributed by atoms with E-state index in [1.54, 1.807) is 12.1 Å². The van der Waals surface area contributed by atoms with Crippen LogP contribution in [-0.4, -0.2) is 23.1 Å². The van der Waals surface area contributed by atoms with Crippen LogP contribution in [0.5, 0.6) is 17.2 Å². The Labute approximate surface area is 119 Å². The van der Waals surface area contributed by atoms with Crippen molar-refractivity contribution in [1.82, 2.24) is 0 Å². The summed E-state index contributed by atoms with van der Waals surface area (Å²) in [5, 5.41) is 19.9. The molecule has 0 bridgehead atoms. The van der Waals surface area contributed by atoms with E-state index in [4.69, 9.17) is 14.6 Å². The summed E-state index contributed by atoms with van der Waals surface area (Å²) in [7, 11) is 1.39. The SMILES string of the molecule is COc1ccc([N+](=O)[O-])cc1Oc1ccccc1C(=O)O. The highest BCUT2D eigenvalue weighted by molar-refractivity contribution is 5.91. The van der Waals surface area contributed by atoms with Crippen molar-refractivity contribution < 1.29 is 24.3 Å². The van der Waals surface area contributed by atoms with Gasteiger partial charge in [-0.15, -0.1) is 0 Å². The lowest BCUT2D eigenvalue weighted by Crippen LogP contribution is -2.00. The summed E-state index contributed by atoms with van der Waals surface area (Å²) in [4.78, 5) is 21.3. The van der Waals surface area contributed by atoms with Crippen molar-refractivity contribution in [1.29, 1.82) is 0 Å². The zero-order valence-electron chi connectivity index (χ0n) is 11.0. The second kappa shape index (κ2) is 5.91. The van der Waals surface area contributed by atoms with Crippen molar-refractivity contribution in [3.05, 3.63) is 58.1 Å². The predicted octanol–water partition coefficient (Wildman–Crippen LogP) is 3.09. The van der Waals surface area contributed by atoms with E-state index in [-0.39, 0.29) is 28.5 Å². The van der Waals surface area contributed by atoms with E-state index in [1.807, 2.05) is 0 Å². The van der Waals surface area contributed by atoms with Crippen molar-refractivity contribution in [2.45, 2.75) is 0 Å². The molecule has 2 rings (SSSR count). The number of hydrogen-bond acceptors (Lipinski definition) is 5. The Kier molecular flexibility index (Phi) is 4.03. The van der Waals surface area contributed by atoms with E-state index >= 15 is 0 Å². The van der Waals surface area contributed by atoms with E-state index in [2.05, 4.69) is 0 Å². The van der Waals surface area contributed by atoms with Crippen LogP contribution in [0.15, 0.2) is 42.5 Å². The number of carboxylic acid groups (broad SMARTS) is 1. The standard InChI is InChI=1S/C14H11NO6/c1-20-12-7-6-9(15(18)19)8-13(12)21-11-5-3-2-4-10(11)14(16)17/h2-8H,1H3,(H,16,17). The summed E-state index contributed by atoms with van der Waals surface area (Å²) in [6, 6.07) is 9.83. The number of methoxy groups -OCH3 is 1. The Hall–Kier alpha value is -3.09. The largest absolute Gasteiger partial charge is 0.493 e. The molecular weight excluding hydrogens is 278 g/mol. The van der Waals surface area contributed by atoms with Gasteiger partial charge in [-0.05, 0) is 18.2 Å². The Bertz CT molecular complexity index is 698. The fourth-order valence-corrected chi connectivity index (χ4v) is 1.71. The fourth-order valence-electron chi connectivity index (χ4n) is 1.71. The van der Waals surface area contributed by atoms with Crippen LogP contribution in [0.3, 0.4) is 0 Å². The van der Waals surface area contributed by atoms with Gasteiger partial charge in [0.05, 0.1) is 18.1 Å². The van der Waals surface area contributed by atoms with Gasteiger partial charge < -0.3 is 14.6 Å². The number of nitro groups is 1. The molecule has 0 unspecified atom stereocenters. The molecule has 0 amide bonds. The van der Waals surface area contributed by atoms with Gasteiger partial charge in [-0.2, -0.15) is 0 Å². The van der Waals surface area contributed by atoms with Crippen molar-refractivity contribution in [2.24, 2.45) is 0 Å². The number of nitrogens with zero attached hydrogens (tertiary/aromatic N) is 1. The van der Waals surface area contributed by atoms with Gasteiger partial charge in [0.1, 0.15) is 11.3 Å². The van der Waals surface area contributed by atoms with Crippen molar-refractivity contribution in [2.75, 3.05) is 7.11 Å². The summed E-state index contributed by atoms with van der Waals surface area (Å²) in [5.74, 6) is -0.750. The number of hydrogen-bond donors (Lipinski definition) is 1. The number of nitro benzene ring substituents is 1. The molecule has 0 aliphatic heterocycles. The van der Waals surface area contributed by atoms with Gasteiger partial charge >= 0.3 is 5.97 Å². The van der Waals surface area contributed by atoms with Gasteiger partial charge in [0.15, 0.2) is 11.5 Å². The second-order valence-corrected chi connectivity index (χ2v) is 4.00. The molecule has 2 aromatic rings. The van der Waals surface area contributed by atoms with Gasteiger partial charge in [-0.1, -0.05) is 12.1 Å². The number of aromatic carboxylic acids is 1. The summed E-state index contributed by atoms with van der Waals surface area (Å²) < 4.78 is 10.5. The number of benzene rings is 2. The number of carbonyl (C=O) groups is 1. The third-order valence-electron chi connectivity index (χ3n) is 2.70. The minimum Gasteiger partial charge on any atom is -0.493 e. The zero-order chi connectivity index (χ0) is 15.4. The third-order valence-corrected chi connectivity index (χ3v) is 2.70. The van der Waals surface area contributed by atoms with Crippen LogP contribution in [0.4, 0.5) is 5.69 Å². The molecule has 2 aromatic carbocycles. The van der Waals surface area contributed by atoms with Crippen molar-refractivity contribution in [3.8, 4) is 17.2 Å². The zero-order valence-corrected chi connectivity index (χ0v) is 11.0. The highest BCUT2D eigenvalue weighted by atomic mass is 16.6. The van der Waals surface area contributed by atoms with Gasteiger partial charge in [-0.25, -0.2) is 4.79 Å². The molecule has 0 spiro atoms. The van der Waals surface area contributed by atoms with Crippen LogP contribution in [0.2, 0.25) is 0 Å². The molecule has 0 saturated carbocycles. The third kappa shape index (κ3) is 3.08. The molecule has 0 heterocycles. The molecule has 0 aromatic heterocycles. The lowest BCUT2D eigenvalue weighted by atomic mass is 10.2. The van der Waals surface area contributed by atoms with E-state index < -0.39 is 10.9 Å². The van der Waals surface area contributed by atoms with Crippen LogP contribution in [0.25, 0.3) is 0 Å². The summed E-state index contributed by atoms with van der Waals surface area (Å²) in [5.41, 5.74) is -0.232. The molecule has 0 radical (unpaired) electrons. The van der Waals surface area contributed by atoms with Crippen LogP contribution >= 0.6 is 0 Å². The second-order valence-electron chi connectivity index (χ2n) is 4.00. The molecule has 7 heteroatoms. The first kappa shape index (κ1) is 14.3. The van der Waals surface area contributed by atoms with E-state index in [9.17, 15) is 14.9 Å². The molecule has 1 N–H and O–H groups in total. The maximum absolute atomic E-state index is 11.1. The van der Waals surface area contributed by atoms with Crippen LogP contribution in [0, 0.1) is 10.1 Å². The van der Waals surface area contributed by atoms with Gasteiger partial charge in [0, 0.05) is 6.07 Å². The Morgan fingerprint density at radius 2 is 1.86 bits per heavy atom. The number of carboxylic acids is 1. The monoisotopic (exact) mass is 289 g/mol. The van der Waals surface area contributed by atoms with Crippen molar-refractivity contribution in [3.63, 3.8) is 0 Å². The topological polar surface area (TPSA) is 98.9 Å². The van der Waals surface area contributed by atoms with Crippen LogP contribution in [-0.2, 0) is 0 Å². The fraction of sp³-hybridized carbons (Fsp3) is 0.0714. The maximum Gasteiger partial charge on any atom is 0.339 e. The summed E-state index contributed by atoms with van der Waals surface area (Å²) >= 11 is 0. The minimum atomic E-state index is -1.16. The highest BCUT2D eigenvalue weighted by Crippen LogP contribution is 2.35. The first-order valence-electron chi connectivity index (χ1n) is 5.85. The summed E-state index contributed by atoms with van der Waals surface area (Å²) in [6.07, 6.45) is 0. The van der Waals surface area contributed by atoms with E-state index in [0.29, 0.717) is 0 Å². The van der Waals surface area contributed by atoms with Gasteiger partial charge in [-0.3, -0.25) is 10.1 Å². The molecule has 0 fully saturated rings. The number of rotatable bonds is 5. The maximum atomic E-state index is 11.1. The Morgan fingerprint density at radius 3 is 2.48 bits per heavy atom. The van der Waals surface area contributed by atoms with E-state index in [0.717, 1.165) is 0 Å². The van der Waals surface area contributed by atoms with Crippen LogP contribution < -0.4 is 9.47 Å². The number of ether oxygens (including phenoxy) is 2. The average Bonchev–Trinajstić information content (AvgIpc) is 2.47. The lowest BCUT2D eigenvalue weighted by molar-refractivity contribution is -0.384. The van der Waals surface area contributed by atoms with Crippen molar-refractivity contribution >= 4 is 11.7 Å². The predicted molar refractivity (Wildman–Crippen MR) is 73.1 cm³/mol. The molecule has 0 aliphatic rings. The molecule has 21 heavy (non-hydrogen) atoms. The van der Waals surface area contributed by atoms with E-state index in [1.165, 1.54) is 37.4 Å². The number of non-ortho nitro benzene ring substituents is 1. The Morgan fingerprint density at radius 1 is 1.14 bits per heavy atom. The Balaban J connectivity index is 2.45. The highest BCUT2D eigenvalue weighted by Gasteiger charge is 2.16. The average molecular weight is 289 g/mol. The molecule has 0 aliphatic carbocycles. The normalized spacial score (nSPS) is 9.95. The lowest BCUT2D eigenvalue weighted by Gasteiger charge is -2.11. The molecule has 108 valence electrons. The van der Waals surface area contributed by atoms with Gasteiger partial charge in [0.25, 0.3) is 5.69 Å². The molecule has 0 atom stereocenters. The van der Waals surface area contributed by atoms with Crippen LogP contribution in [0.1, 0.15) is 10.4 Å². The molecule has 0 saturated heterocycles. The molecular formula is C14H11NO6.